The fraction of sp³-hybridized carbons (Fsp3) is 0.500. The molecule has 8 nitrogen and oxygen atoms in total. The Bertz CT molecular complexity index is 458. The Hall–Kier alpha value is -1.71. The lowest BCUT2D eigenvalue weighted by Crippen LogP contribution is -2.51. The van der Waals surface area contributed by atoms with Crippen LogP contribution in [0.5, 0.6) is 0 Å². The molecule has 0 spiro atoms. The van der Waals surface area contributed by atoms with Gasteiger partial charge in [-0.1, -0.05) is 0 Å². The van der Waals surface area contributed by atoms with Gasteiger partial charge in [-0.3, -0.25) is 5.43 Å². The zero-order valence-electron chi connectivity index (χ0n) is 10.1. The summed E-state index contributed by atoms with van der Waals surface area (Å²) >= 11 is 1.20. The second kappa shape index (κ2) is 6.45. The number of thiazole rings is 1. The Labute approximate surface area is 113 Å². The molecule has 2 amide bonds. The smallest absolute Gasteiger partial charge is 0.355 e. The number of nitrogens with zero attached hydrogens (tertiary/aromatic N) is 2. The quantitative estimate of drug-likeness (QED) is 0.713. The van der Waals surface area contributed by atoms with Crippen LogP contribution in [0.3, 0.4) is 0 Å². The SMILES string of the molecule is O=C(NCc1nc(C(=O)O)cs1)NN1CCOCC1. The second-order valence-electron chi connectivity index (χ2n) is 3.83. The van der Waals surface area contributed by atoms with Crippen LogP contribution in [0, 0.1) is 0 Å². The minimum atomic E-state index is -1.07. The number of carboxylic acids is 1. The van der Waals surface area contributed by atoms with Gasteiger partial charge < -0.3 is 15.2 Å². The number of carboxylic acid groups (broad SMARTS) is 1. The summed E-state index contributed by atoms with van der Waals surface area (Å²) in [7, 11) is 0. The van der Waals surface area contributed by atoms with E-state index in [1.807, 2.05) is 0 Å². The number of hydrazine groups is 1. The number of carbonyl (C=O) groups excluding carboxylic acids is 1. The van der Waals surface area contributed by atoms with Crippen molar-refractivity contribution in [1.82, 2.24) is 20.7 Å². The number of aromatic nitrogens is 1. The van der Waals surface area contributed by atoms with Gasteiger partial charge in [0.2, 0.25) is 0 Å². The highest BCUT2D eigenvalue weighted by molar-refractivity contribution is 7.09. The molecule has 1 aliphatic rings. The maximum atomic E-state index is 11.6. The van der Waals surface area contributed by atoms with Gasteiger partial charge in [-0.05, 0) is 0 Å². The standard InChI is InChI=1S/C10H14N4O4S/c15-9(16)7-6-19-8(12-7)5-11-10(17)13-14-1-3-18-4-2-14/h6H,1-5H2,(H,15,16)(H2,11,13,17). The van der Waals surface area contributed by atoms with Crippen molar-refractivity contribution < 1.29 is 19.4 Å². The number of morpholine rings is 1. The molecule has 1 fully saturated rings. The Balaban J connectivity index is 1.74. The monoisotopic (exact) mass is 286 g/mol. The molecule has 0 unspecified atom stereocenters. The minimum absolute atomic E-state index is 0.00427. The molecule has 0 radical (unpaired) electrons. The van der Waals surface area contributed by atoms with E-state index in [4.69, 9.17) is 9.84 Å². The number of hydrogen-bond donors (Lipinski definition) is 3. The third kappa shape index (κ3) is 4.16. The molecule has 2 heterocycles. The highest BCUT2D eigenvalue weighted by atomic mass is 32.1. The Kier molecular flexibility index (Phi) is 4.66. The molecule has 0 saturated carbocycles. The molecular weight excluding hydrogens is 272 g/mol. The van der Waals surface area contributed by atoms with E-state index in [-0.39, 0.29) is 18.3 Å². The summed E-state index contributed by atoms with van der Waals surface area (Å²) in [5.74, 6) is -1.07. The highest BCUT2D eigenvalue weighted by Crippen LogP contribution is 2.09. The van der Waals surface area contributed by atoms with Crippen molar-refractivity contribution in [2.45, 2.75) is 6.54 Å². The first-order valence-corrected chi connectivity index (χ1v) is 6.58. The van der Waals surface area contributed by atoms with Crippen molar-refractivity contribution in [3.8, 4) is 0 Å². The van der Waals surface area contributed by atoms with Gasteiger partial charge in [-0.15, -0.1) is 11.3 Å². The minimum Gasteiger partial charge on any atom is -0.476 e. The third-order valence-electron chi connectivity index (χ3n) is 2.44. The first kappa shape index (κ1) is 13.7. The van der Waals surface area contributed by atoms with Crippen LogP contribution in [0.2, 0.25) is 0 Å². The molecule has 104 valence electrons. The van der Waals surface area contributed by atoms with E-state index in [1.54, 1.807) is 5.01 Å². The van der Waals surface area contributed by atoms with Crippen LogP contribution in [-0.2, 0) is 11.3 Å². The number of amides is 2. The Morgan fingerprint density at radius 2 is 2.21 bits per heavy atom. The Morgan fingerprint density at radius 1 is 1.47 bits per heavy atom. The summed E-state index contributed by atoms with van der Waals surface area (Å²) in [5.41, 5.74) is 2.68. The molecule has 1 saturated heterocycles. The summed E-state index contributed by atoms with van der Waals surface area (Å²) in [6, 6.07) is -0.339. The van der Waals surface area contributed by atoms with E-state index in [0.29, 0.717) is 31.3 Å². The van der Waals surface area contributed by atoms with Gasteiger partial charge in [0, 0.05) is 18.5 Å². The van der Waals surface area contributed by atoms with Crippen molar-refractivity contribution in [2.75, 3.05) is 26.3 Å². The predicted octanol–water partition coefficient (Wildman–Crippen LogP) is -0.112. The maximum absolute atomic E-state index is 11.6. The zero-order chi connectivity index (χ0) is 13.7. The first-order valence-electron chi connectivity index (χ1n) is 5.70. The molecule has 0 atom stereocenters. The number of carbonyl (C=O) groups is 2. The number of ether oxygens (including phenoxy) is 1. The van der Waals surface area contributed by atoms with Crippen molar-refractivity contribution >= 4 is 23.3 Å². The zero-order valence-corrected chi connectivity index (χ0v) is 10.9. The van der Waals surface area contributed by atoms with Gasteiger partial charge in [0.1, 0.15) is 5.01 Å². The van der Waals surface area contributed by atoms with Gasteiger partial charge >= 0.3 is 12.0 Å². The fourth-order valence-corrected chi connectivity index (χ4v) is 2.21. The molecule has 19 heavy (non-hydrogen) atoms. The summed E-state index contributed by atoms with van der Waals surface area (Å²) in [4.78, 5) is 26.1. The molecule has 0 bridgehead atoms. The van der Waals surface area contributed by atoms with Crippen LogP contribution < -0.4 is 10.7 Å². The van der Waals surface area contributed by atoms with Gasteiger partial charge in [-0.25, -0.2) is 19.6 Å². The van der Waals surface area contributed by atoms with Crippen LogP contribution >= 0.6 is 11.3 Å². The maximum Gasteiger partial charge on any atom is 0.355 e. The molecule has 3 N–H and O–H groups in total. The highest BCUT2D eigenvalue weighted by Gasteiger charge is 2.13. The molecule has 9 heteroatoms. The largest absolute Gasteiger partial charge is 0.476 e. The average molecular weight is 286 g/mol. The van der Waals surface area contributed by atoms with Gasteiger partial charge in [0.15, 0.2) is 5.69 Å². The van der Waals surface area contributed by atoms with E-state index in [9.17, 15) is 9.59 Å². The molecule has 1 aromatic heterocycles. The van der Waals surface area contributed by atoms with E-state index < -0.39 is 5.97 Å². The van der Waals surface area contributed by atoms with Crippen LogP contribution in [0.1, 0.15) is 15.5 Å². The van der Waals surface area contributed by atoms with E-state index in [1.165, 1.54) is 16.7 Å². The topological polar surface area (TPSA) is 104 Å². The lowest BCUT2D eigenvalue weighted by molar-refractivity contribution is 0.0195. The molecule has 1 aromatic rings. The average Bonchev–Trinajstić information content (AvgIpc) is 2.86. The summed E-state index contributed by atoms with van der Waals surface area (Å²) in [5, 5.41) is 15.1. The van der Waals surface area contributed by atoms with Gasteiger partial charge in [-0.2, -0.15) is 0 Å². The third-order valence-corrected chi connectivity index (χ3v) is 3.29. The number of rotatable bonds is 4. The molecule has 0 aliphatic carbocycles. The number of urea groups is 1. The van der Waals surface area contributed by atoms with Gasteiger partial charge in [0.05, 0.1) is 19.8 Å². The van der Waals surface area contributed by atoms with Crippen molar-refractivity contribution in [3.63, 3.8) is 0 Å². The lowest BCUT2D eigenvalue weighted by atomic mass is 10.5. The van der Waals surface area contributed by atoms with Crippen LogP contribution in [0.15, 0.2) is 5.38 Å². The second-order valence-corrected chi connectivity index (χ2v) is 4.77. The summed E-state index contributed by atoms with van der Waals surface area (Å²) in [6.45, 7) is 2.68. The van der Waals surface area contributed by atoms with Crippen LogP contribution in [0.25, 0.3) is 0 Å². The van der Waals surface area contributed by atoms with E-state index in [0.717, 1.165) is 0 Å². The molecule has 1 aliphatic heterocycles. The number of nitrogens with one attached hydrogen (secondary N) is 2. The lowest BCUT2D eigenvalue weighted by Gasteiger charge is -2.26. The normalized spacial score (nSPS) is 16.0. The van der Waals surface area contributed by atoms with Crippen LogP contribution in [0.4, 0.5) is 4.79 Å². The van der Waals surface area contributed by atoms with Gasteiger partial charge in [0.25, 0.3) is 0 Å². The van der Waals surface area contributed by atoms with Crippen LogP contribution in [-0.4, -0.2) is 53.4 Å². The molecular formula is C10H14N4O4S. The predicted molar refractivity (Wildman–Crippen MR) is 66.8 cm³/mol. The molecule has 0 aromatic carbocycles. The first-order chi connectivity index (χ1) is 9.15. The van der Waals surface area contributed by atoms with Crippen molar-refractivity contribution in [2.24, 2.45) is 0 Å². The Morgan fingerprint density at radius 3 is 2.84 bits per heavy atom. The van der Waals surface area contributed by atoms with E-state index >= 15 is 0 Å². The van der Waals surface area contributed by atoms with E-state index in [2.05, 4.69) is 15.7 Å². The van der Waals surface area contributed by atoms with Crippen molar-refractivity contribution in [1.29, 1.82) is 0 Å². The molecule has 2 rings (SSSR count). The van der Waals surface area contributed by atoms with Crippen molar-refractivity contribution in [3.05, 3.63) is 16.1 Å². The summed E-state index contributed by atoms with van der Waals surface area (Å²) < 4.78 is 5.16. The fourth-order valence-electron chi connectivity index (χ4n) is 1.50. The number of aromatic carboxylic acids is 1. The summed E-state index contributed by atoms with van der Waals surface area (Å²) in [6.07, 6.45) is 0. The number of hydrogen-bond acceptors (Lipinski definition) is 6.